The highest BCUT2D eigenvalue weighted by atomic mass is 35.5. The van der Waals surface area contributed by atoms with Gasteiger partial charge in [0, 0.05) is 24.2 Å². The third kappa shape index (κ3) is 5.66. The molecular weight excluding hydrogens is 408 g/mol. The fraction of sp³-hybridized carbons (Fsp3) is 0.440. The van der Waals surface area contributed by atoms with E-state index in [4.69, 9.17) is 22.2 Å². The van der Waals surface area contributed by atoms with Crippen molar-refractivity contribution in [3.8, 4) is 5.75 Å². The summed E-state index contributed by atoms with van der Waals surface area (Å²) in [6.07, 6.45) is 5.05. The van der Waals surface area contributed by atoms with Gasteiger partial charge in [0.2, 0.25) is 0 Å². The Morgan fingerprint density at radius 1 is 1.29 bits per heavy atom. The second kappa shape index (κ2) is 11.3. The molecule has 31 heavy (non-hydrogen) atoms. The number of hydrogen-bond acceptors (Lipinski definition) is 5. The molecule has 0 radical (unpaired) electrons. The molecule has 1 aromatic carbocycles. The quantitative estimate of drug-likeness (QED) is 0.245. The first-order chi connectivity index (χ1) is 14.8. The van der Waals surface area contributed by atoms with Crippen LogP contribution in [0.3, 0.4) is 0 Å². The van der Waals surface area contributed by atoms with Gasteiger partial charge in [0.25, 0.3) is 0 Å². The molecule has 0 unspecified atom stereocenters. The largest absolute Gasteiger partial charge is 0.497 e. The molecule has 2 rings (SSSR count). The zero-order valence-corrected chi connectivity index (χ0v) is 20.3. The number of nitrogens with two attached hydrogens (primary N) is 1. The van der Waals surface area contributed by atoms with Crippen LogP contribution in [-0.4, -0.2) is 25.2 Å². The minimum atomic E-state index is 0.318. The number of hydrazine groups is 1. The molecule has 1 aliphatic carbocycles. The molecule has 0 amide bonds. The van der Waals surface area contributed by atoms with Crippen LogP contribution in [0, 0.1) is 0 Å². The maximum atomic E-state index is 6.80. The van der Waals surface area contributed by atoms with Crippen molar-refractivity contribution >= 4 is 17.2 Å². The topological polar surface area (TPSA) is 62.5 Å². The monoisotopic (exact) mass is 444 g/mol. The Kier molecular flexibility index (Phi) is 9.08. The highest BCUT2D eigenvalue weighted by Gasteiger charge is 2.25. The molecule has 5 nitrogen and oxygen atoms in total. The van der Waals surface area contributed by atoms with Crippen molar-refractivity contribution < 1.29 is 4.74 Å². The molecule has 1 aliphatic rings. The predicted molar refractivity (Wildman–Crippen MR) is 132 cm³/mol. The first-order valence-corrected chi connectivity index (χ1v) is 11.3. The summed E-state index contributed by atoms with van der Waals surface area (Å²) in [5, 5.41) is 9.25. The number of ether oxygens (including phenoxy) is 1. The van der Waals surface area contributed by atoms with Gasteiger partial charge in [0.05, 0.1) is 12.1 Å². The van der Waals surface area contributed by atoms with E-state index in [0.717, 1.165) is 66.0 Å². The van der Waals surface area contributed by atoms with E-state index in [9.17, 15) is 0 Å². The van der Waals surface area contributed by atoms with Crippen LogP contribution < -0.4 is 21.2 Å². The van der Waals surface area contributed by atoms with Crippen LogP contribution in [0.15, 0.2) is 59.7 Å². The molecule has 0 heterocycles. The van der Waals surface area contributed by atoms with Crippen LogP contribution in [0.25, 0.3) is 5.57 Å². The minimum Gasteiger partial charge on any atom is -0.497 e. The van der Waals surface area contributed by atoms with Gasteiger partial charge in [-0.1, -0.05) is 38.6 Å². The van der Waals surface area contributed by atoms with Gasteiger partial charge >= 0.3 is 0 Å². The summed E-state index contributed by atoms with van der Waals surface area (Å²) in [6.45, 7) is 14.8. The first kappa shape index (κ1) is 24.9. The van der Waals surface area contributed by atoms with Crippen molar-refractivity contribution in [1.82, 2.24) is 15.6 Å². The van der Waals surface area contributed by atoms with Gasteiger partial charge in [-0.05, 0) is 73.9 Å². The molecule has 0 spiro atoms. The van der Waals surface area contributed by atoms with Crippen LogP contribution in [0.1, 0.15) is 58.4 Å². The van der Waals surface area contributed by atoms with Crippen molar-refractivity contribution in [2.24, 2.45) is 5.84 Å². The molecule has 0 aliphatic heterocycles. The summed E-state index contributed by atoms with van der Waals surface area (Å²) < 4.78 is 5.31. The Morgan fingerprint density at radius 3 is 2.42 bits per heavy atom. The third-order valence-corrected chi connectivity index (χ3v) is 6.08. The second-order valence-corrected chi connectivity index (χ2v) is 8.32. The Hall–Kier alpha value is -2.37. The van der Waals surface area contributed by atoms with Crippen LogP contribution in [0.5, 0.6) is 5.75 Å². The Bertz CT molecular complexity index is 884. The van der Waals surface area contributed by atoms with Gasteiger partial charge in [-0.25, -0.2) is 10.9 Å². The predicted octanol–water partition coefficient (Wildman–Crippen LogP) is 5.72. The first-order valence-electron chi connectivity index (χ1n) is 10.9. The lowest BCUT2D eigenvalue weighted by atomic mass is 9.99. The van der Waals surface area contributed by atoms with E-state index in [0.29, 0.717) is 16.8 Å². The van der Waals surface area contributed by atoms with Crippen molar-refractivity contribution in [3.05, 3.63) is 70.3 Å². The van der Waals surface area contributed by atoms with Crippen molar-refractivity contribution in [2.45, 2.75) is 58.9 Å². The zero-order valence-electron chi connectivity index (χ0n) is 19.6. The van der Waals surface area contributed by atoms with Gasteiger partial charge in [-0.3, -0.25) is 0 Å². The molecule has 0 saturated heterocycles. The molecule has 1 saturated carbocycles. The second-order valence-electron chi connectivity index (χ2n) is 7.91. The number of nitrogens with zero attached hydrogens (tertiary/aromatic N) is 1. The number of benzene rings is 1. The number of nitrogens with one attached hydrogen (secondary N) is 2. The molecule has 0 bridgehead atoms. The standard InChI is InChI=1S/C25H37ClN4O/c1-8-18(9-2)29-24(20-12-10-11-17(20)5)30(27)25(28-6)23(16(3)4)21-14-13-19(31-7)15-22(21)26/h13-15,18,28-29H,3,5,8-12,27H2,1-2,4,6-7H3/b24-20-,25-23+. The number of rotatable bonds is 10. The van der Waals surface area contributed by atoms with Gasteiger partial charge in [-0.15, -0.1) is 0 Å². The van der Waals surface area contributed by atoms with Crippen molar-refractivity contribution in [1.29, 1.82) is 0 Å². The molecule has 4 N–H and O–H groups in total. The normalized spacial score (nSPS) is 16.2. The summed E-state index contributed by atoms with van der Waals surface area (Å²) in [5.74, 6) is 9.11. The Balaban J connectivity index is 2.67. The van der Waals surface area contributed by atoms with Gasteiger partial charge in [0.15, 0.2) is 0 Å². The number of hydrogen-bond donors (Lipinski definition) is 3. The lowest BCUT2D eigenvalue weighted by molar-refractivity contribution is 0.355. The minimum absolute atomic E-state index is 0.318. The highest BCUT2D eigenvalue weighted by Crippen LogP contribution is 2.36. The number of allylic oxidation sites excluding steroid dienone is 4. The smallest absolute Gasteiger partial charge is 0.130 e. The average molecular weight is 445 g/mol. The summed E-state index contributed by atoms with van der Waals surface area (Å²) in [5.41, 5.74) is 4.87. The van der Waals surface area contributed by atoms with Gasteiger partial charge < -0.3 is 15.4 Å². The molecule has 0 atom stereocenters. The van der Waals surface area contributed by atoms with Crippen LogP contribution in [0.2, 0.25) is 5.02 Å². The number of halogens is 1. The fourth-order valence-electron chi connectivity index (χ4n) is 3.94. The van der Waals surface area contributed by atoms with Crippen LogP contribution >= 0.6 is 11.6 Å². The van der Waals surface area contributed by atoms with E-state index in [1.807, 2.05) is 26.1 Å². The van der Waals surface area contributed by atoms with Gasteiger partial charge in [0.1, 0.15) is 17.4 Å². The summed E-state index contributed by atoms with van der Waals surface area (Å²) >= 11 is 6.63. The summed E-state index contributed by atoms with van der Waals surface area (Å²) in [6, 6.07) is 5.94. The van der Waals surface area contributed by atoms with E-state index in [1.165, 1.54) is 5.57 Å². The Morgan fingerprint density at radius 2 is 1.97 bits per heavy atom. The lowest BCUT2D eigenvalue weighted by Crippen LogP contribution is -2.44. The van der Waals surface area contributed by atoms with E-state index in [1.54, 1.807) is 18.2 Å². The molecule has 6 heteroatoms. The van der Waals surface area contributed by atoms with E-state index in [-0.39, 0.29) is 0 Å². The lowest BCUT2D eigenvalue weighted by Gasteiger charge is -2.32. The van der Waals surface area contributed by atoms with Crippen LogP contribution in [-0.2, 0) is 0 Å². The van der Waals surface area contributed by atoms with Crippen molar-refractivity contribution in [3.63, 3.8) is 0 Å². The SMILES string of the molecule is C=C1CCC/C1=C(\NC(CC)CC)N(N)/C(NC)=C(\C(=C)C)c1ccc(OC)cc1Cl. The molecule has 1 aromatic rings. The average Bonchev–Trinajstić information content (AvgIpc) is 3.18. The van der Waals surface area contributed by atoms with Crippen molar-refractivity contribution in [2.75, 3.05) is 14.2 Å². The molecule has 1 fully saturated rings. The Labute approximate surface area is 192 Å². The molecule has 170 valence electrons. The molecule has 0 aromatic heterocycles. The maximum absolute atomic E-state index is 6.80. The van der Waals surface area contributed by atoms with E-state index >= 15 is 0 Å². The zero-order chi connectivity index (χ0) is 23.1. The summed E-state index contributed by atoms with van der Waals surface area (Å²) in [4.78, 5) is 0. The highest BCUT2D eigenvalue weighted by molar-refractivity contribution is 6.32. The maximum Gasteiger partial charge on any atom is 0.130 e. The summed E-state index contributed by atoms with van der Waals surface area (Å²) in [7, 11) is 3.48. The van der Waals surface area contributed by atoms with Crippen LogP contribution in [0.4, 0.5) is 0 Å². The number of methoxy groups -OCH3 is 1. The fourth-order valence-corrected chi connectivity index (χ4v) is 4.21. The third-order valence-electron chi connectivity index (χ3n) is 5.77. The van der Waals surface area contributed by atoms with E-state index in [2.05, 4.69) is 37.6 Å². The molecular formula is C25H37ClN4O. The van der Waals surface area contributed by atoms with Gasteiger partial charge in [-0.2, -0.15) is 0 Å². The van der Waals surface area contributed by atoms with E-state index < -0.39 is 0 Å².